The summed E-state index contributed by atoms with van der Waals surface area (Å²) in [6.45, 7) is 6.73. The molecule has 0 saturated carbocycles. The third-order valence-corrected chi connectivity index (χ3v) is 5.24. The Kier molecular flexibility index (Phi) is 6.34. The first-order valence-electron chi connectivity index (χ1n) is 9.86. The lowest BCUT2D eigenvalue weighted by Gasteiger charge is -2.36. The zero-order chi connectivity index (χ0) is 20.1. The second kappa shape index (κ2) is 8.91. The fourth-order valence-electron chi connectivity index (χ4n) is 3.85. The second-order valence-electron chi connectivity index (χ2n) is 7.18. The molecular weight excluding hydrogens is 352 g/mol. The molecule has 1 N–H and O–H groups in total. The number of nitrogens with one attached hydrogen (secondary N) is 1. The minimum Gasteiger partial charge on any atom is -0.494 e. The third kappa shape index (κ3) is 4.53. The van der Waals surface area contributed by atoms with E-state index in [9.17, 15) is 9.59 Å². The van der Waals surface area contributed by atoms with Crippen LogP contribution in [0.25, 0.3) is 0 Å². The Labute approximate surface area is 166 Å². The molecule has 2 atom stereocenters. The normalized spacial score (nSPS) is 16.8. The number of hydrogen-bond donors (Lipinski definition) is 1. The number of nitrogens with zero attached hydrogens (tertiary/aromatic N) is 1. The van der Waals surface area contributed by atoms with E-state index in [1.165, 1.54) is 5.56 Å². The van der Waals surface area contributed by atoms with Gasteiger partial charge >= 0.3 is 0 Å². The van der Waals surface area contributed by atoms with E-state index in [4.69, 9.17) is 4.74 Å². The molecule has 0 aliphatic carbocycles. The summed E-state index contributed by atoms with van der Waals surface area (Å²) in [7, 11) is 0. The van der Waals surface area contributed by atoms with Gasteiger partial charge in [-0.1, -0.05) is 36.4 Å². The number of carbonyl (C=O) groups excluding carboxylic acids is 2. The first kappa shape index (κ1) is 19.9. The van der Waals surface area contributed by atoms with Crippen LogP contribution in [0.3, 0.4) is 0 Å². The Morgan fingerprint density at radius 3 is 2.75 bits per heavy atom. The molecule has 3 rings (SSSR count). The average molecular weight is 380 g/mol. The molecule has 148 valence electrons. The largest absolute Gasteiger partial charge is 0.494 e. The zero-order valence-electron chi connectivity index (χ0n) is 16.8. The molecule has 2 amide bonds. The fraction of sp³-hybridized carbons (Fsp3) is 0.391. The van der Waals surface area contributed by atoms with E-state index in [-0.39, 0.29) is 30.3 Å². The molecule has 2 aromatic carbocycles. The van der Waals surface area contributed by atoms with Crippen LogP contribution in [0.1, 0.15) is 56.0 Å². The van der Waals surface area contributed by atoms with Crippen LogP contribution in [-0.2, 0) is 16.0 Å². The van der Waals surface area contributed by atoms with Gasteiger partial charge in [-0.3, -0.25) is 9.59 Å². The molecule has 1 heterocycles. The van der Waals surface area contributed by atoms with Crippen molar-refractivity contribution in [1.29, 1.82) is 0 Å². The van der Waals surface area contributed by atoms with Crippen molar-refractivity contribution in [2.75, 3.05) is 13.2 Å². The minimum atomic E-state index is -0.218. The maximum absolute atomic E-state index is 12.8. The van der Waals surface area contributed by atoms with Gasteiger partial charge in [0.2, 0.25) is 11.8 Å². The van der Waals surface area contributed by atoms with E-state index in [0.29, 0.717) is 13.2 Å². The molecule has 2 unspecified atom stereocenters. The molecule has 5 nitrogen and oxygen atoms in total. The van der Waals surface area contributed by atoms with Crippen molar-refractivity contribution in [1.82, 2.24) is 10.2 Å². The lowest BCUT2D eigenvalue weighted by molar-refractivity contribution is -0.133. The van der Waals surface area contributed by atoms with Gasteiger partial charge in [-0.25, -0.2) is 0 Å². The van der Waals surface area contributed by atoms with Crippen LogP contribution in [0.4, 0.5) is 0 Å². The standard InChI is InChI=1S/C23H28N2O3/c1-4-28-20-10-7-9-19(14-20)16(2)24-23(27)15-22-21-11-6-5-8-18(21)12-13-25(22)17(3)26/h5-11,14,16,22H,4,12-13,15H2,1-3H3,(H,24,27). The zero-order valence-corrected chi connectivity index (χ0v) is 16.8. The number of rotatable bonds is 6. The highest BCUT2D eigenvalue weighted by Crippen LogP contribution is 2.32. The number of carbonyl (C=O) groups is 2. The summed E-state index contributed by atoms with van der Waals surface area (Å²) >= 11 is 0. The van der Waals surface area contributed by atoms with Crippen molar-refractivity contribution in [2.45, 2.75) is 45.7 Å². The Balaban J connectivity index is 1.72. The van der Waals surface area contributed by atoms with Crippen molar-refractivity contribution >= 4 is 11.8 Å². The van der Waals surface area contributed by atoms with E-state index in [0.717, 1.165) is 23.3 Å². The summed E-state index contributed by atoms with van der Waals surface area (Å²) in [4.78, 5) is 26.7. The molecular formula is C23H28N2O3. The molecule has 0 aromatic heterocycles. The predicted octanol–water partition coefficient (Wildman–Crippen LogP) is 3.80. The molecule has 0 saturated heterocycles. The average Bonchev–Trinajstić information content (AvgIpc) is 2.68. The molecule has 0 fully saturated rings. The van der Waals surface area contributed by atoms with Gasteiger partial charge in [-0.15, -0.1) is 0 Å². The number of amides is 2. The maximum atomic E-state index is 12.8. The highest BCUT2D eigenvalue weighted by molar-refractivity contribution is 5.80. The van der Waals surface area contributed by atoms with Crippen LogP contribution in [0, 0.1) is 0 Å². The predicted molar refractivity (Wildman–Crippen MR) is 109 cm³/mol. The molecule has 5 heteroatoms. The Morgan fingerprint density at radius 1 is 1.21 bits per heavy atom. The van der Waals surface area contributed by atoms with E-state index >= 15 is 0 Å². The third-order valence-electron chi connectivity index (χ3n) is 5.24. The summed E-state index contributed by atoms with van der Waals surface area (Å²) in [5.41, 5.74) is 3.28. The van der Waals surface area contributed by atoms with Gasteiger partial charge in [0.25, 0.3) is 0 Å². The summed E-state index contributed by atoms with van der Waals surface area (Å²) in [6, 6.07) is 15.5. The Morgan fingerprint density at radius 2 is 2.00 bits per heavy atom. The number of ether oxygens (including phenoxy) is 1. The monoisotopic (exact) mass is 380 g/mol. The van der Waals surface area contributed by atoms with Crippen molar-refractivity contribution in [3.05, 3.63) is 65.2 Å². The van der Waals surface area contributed by atoms with Crippen LogP contribution >= 0.6 is 0 Å². The molecule has 2 aromatic rings. The van der Waals surface area contributed by atoms with Crippen LogP contribution < -0.4 is 10.1 Å². The van der Waals surface area contributed by atoms with E-state index < -0.39 is 0 Å². The maximum Gasteiger partial charge on any atom is 0.222 e. The van der Waals surface area contributed by atoms with Crippen molar-refractivity contribution in [3.8, 4) is 5.75 Å². The van der Waals surface area contributed by atoms with Gasteiger partial charge in [0.15, 0.2) is 0 Å². The highest BCUT2D eigenvalue weighted by atomic mass is 16.5. The first-order chi connectivity index (χ1) is 13.5. The summed E-state index contributed by atoms with van der Waals surface area (Å²) < 4.78 is 5.55. The number of fused-ring (bicyclic) bond motifs is 1. The molecule has 0 radical (unpaired) electrons. The van der Waals surface area contributed by atoms with E-state index in [1.807, 2.05) is 61.2 Å². The van der Waals surface area contributed by atoms with Crippen LogP contribution in [0.2, 0.25) is 0 Å². The van der Waals surface area contributed by atoms with Gasteiger partial charge < -0.3 is 15.0 Å². The van der Waals surface area contributed by atoms with Crippen molar-refractivity contribution in [2.24, 2.45) is 0 Å². The summed E-state index contributed by atoms with van der Waals surface area (Å²) in [5.74, 6) is 0.733. The summed E-state index contributed by atoms with van der Waals surface area (Å²) in [6.07, 6.45) is 1.08. The summed E-state index contributed by atoms with van der Waals surface area (Å²) in [5, 5.41) is 3.07. The van der Waals surface area contributed by atoms with E-state index in [2.05, 4.69) is 11.4 Å². The smallest absolute Gasteiger partial charge is 0.222 e. The van der Waals surface area contributed by atoms with Crippen LogP contribution in [0.5, 0.6) is 5.75 Å². The van der Waals surface area contributed by atoms with Gasteiger partial charge in [0.1, 0.15) is 5.75 Å². The molecule has 0 spiro atoms. The lowest BCUT2D eigenvalue weighted by Crippen LogP contribution is -2.41. The Bertz CT molecular complexity index is 849. The van der Waals surface area contributed by atoms with Gasteiger partial charge in [-0.2, -0.15) is 0 Å². The minimum absolute atomic E-state index is 0.00441. The van der Waals surface area contributed by atoms with Gasteiger partial charge in [0, 0.05) is 13.5 Å². The van der Waals surface area contributed by atoms with Gasteiger partial charge in [-0.05, 0) is 49.1 Å². The molecule has 28 heavy (non-hydrogen) atoms. The molecule has 0 bridgehead atoms. The van der Waals surface area contributed by atoms with Crippen LogP contribution in [-0.4, -0.2) is 29.9 Å². The number of benzene rings is 2. The fourth-order valence-corrected chi connectivity index (χ4v) is 3.85. The van der Waals surface area contributed by atoms with Crippen LogP contribution in [0.15, 0.2) is 48.5 Å². The first-order valence-corrected chi connectivity index (χ1v) is 9.86. The number of hydrogen-bond acceptors (Lipinski definition) is 3. The topological polar surface area (TPSA) is 58.6 Å². The van der Waals surface area contributed by atoms with E-state index in [1.54, 1.807) is 6.92 Å². The SMILES string of the molecule is CCOc1cccc(C(C)NC(=O)CC2c3ccccc3CCN2C(C)=O)c1. The highest BCUT2D eigenvalue weighted by Gasteiger charge is 2.30. The van der Waals surface area contributed by atoms with Gasteiger partial charge in [0.05, 0.1) is 25.1 Å². The van der Waals surface area contributed by atoms with Crippen molar-refractivity contribution in [3.63, 3.8) is 0 Å². The molecule has 1 aliphatic rings. The lowest BCUT2D eigenvalue weighted by atomic mass is 9.90. The second-order valence-corrected chi connectivity index (χ2v) is 7.18. The quantitative estimate of drug-likeness (QED) is 0.829. The molecule has 1 aliphatic heterocycles. The Hall–Kier alpha value is -2.82. The van der Waals surface area contributed by atoms with Crippen molar-refractivity contribution < 1.29 is 14.3 Å².